The van der Waals surface area contributed by atoms with Crippen LogP contribution in [0.1, 0.15) is 100 Å². The number of likely N-dealkylation sites (tertiary alicyclic amines) is 1. The molecular formula is C47H59F3IN7O6S. The molecule has 1 aliphatic heterocycles. The predicted octanol–water partition coefficient (Wildman–Crippen LogP) is 8.06. The Hall–Kier alpha value is -4.63. The van der Waals surface area contributed by atoms with Crippen LogP contribution in [0.2, 0.25) is 0 Å². The van der Waals surface area contributed by atoms with Crippen LogP contribution in [0, 0.1) is 33.4 Å². The number of aliphatic hydroxyl groups excluding tert-OH is 1. The fourth-order valence-electron chi connectivity index (χ4n) is 7.41. The Labute approximate surface area is 396 Å². The van der Waals surface area contributed by atoms with Crippen LogP contribution in [-0.2, 0) is 25.8 Å². The summed E-state index contributed by atoms with van der Waals surface area (Å²) in [6.07, 6.45) is 5.53. The first-order valence-corrected chi connectivity index (χ1v) is 23.9. The molecule has 3 atom stereocenters. The van der Waals surface area contributed by atoms with Crippen molar-refractivity contribution in [3.05, 3.63) is 98.0 Å². The van der Waals surface area contributed by atoms with E-state index < -0.39 is 52.6 Å². The number of hydrogen-bond acceptors (Lipinski definition) is 10. The third-order valence-electron chi connectivity index (χ3n) is 11.0. The molecule has 1 saturated heterocycles. The van der Waals surface area contributed by atoms with Gasteiger partial charge in [0.15, 0.2) is 11.6 Å². The minimum Gasteiger partial charge on any atom is -0.391 e. The SMILES string of the molecule is Cc1ncsc1-c1ccc(CNC(=O)C2CC(O)CN2C(=O)C(NC(=O)CCCCCCCCNCCCONC(=O)c2ccc(F)c(F)c2Nc2ccc(I)cc2F)C(C)(C)C)cc1. The quantitative estimate of drug-likeness (QED) is 0.0244. The number of halogens is 4. The highest BCUT2D eigenvalue weighted by Crippen LogP contribution is 2.30. The molecule has 0 aliphatic carbocycles. The maximum absolute atomic E-state index is 14.7. The molecule has 6 N–H and O–H groups in total. The summed E-state index contributed by atoms with van der Waals surface area (Å²) in [4.78, 5) is 65.2. The predicted molar refractivity (Wildman–Crippen MR) is 254 cm³/mol. The normalized spacial score (nSPS) is 15.4. The van der Waals surface area contributed by atoms with Crippen molar-refractivity contribution in [3.63, 3.8) is 0 Å². The number of carbonyl (C=O) groups is 4. The fraction of sp³-hybridized carbons (Fsp3) is 0.468. The second kappa shape index (κ2) is 24.8. The number of aliphatic hydroxyl groups is 1. The molecule has 65 heavy (non-hydrogen) atoms. The van der Waals surface area contributed by atoms with Gasteiger partial charge in [0.1, 0.15) is 17.9 Å². The number of nitrogens with one attached hydrogen (secondary N) is 5. The van der Waals surface area contributed by atoms with Crippen LogP contribution in [0.5, 0.6) is 0 Å². The van der Waals surface area contributed by atoms with Gasteiger partial charge in [0.2, 0.25) is 17.7 Å². The average Bonchev–Trinajstić information content (AvgIpc) is 3.89. The van der Waals surface area contributed by atoms with Crippen LogP contribution in [0.3, 0.4) is 0 Å². The summed E-state index contributed by atoms with van der Waals surface area (Å²) in [6, 6.07) is 12.2. The molecule has 1 aliphatic rings. The van der Waals surface area contributed by atoms with Gasteiger partial charge in [-0.05, 0) is 109 Å². The topological polar surface area (TPSA) is 174 Å². The summed E-state index contributed by atoms with van der Waals surface area (Å²) >= 11 is 3.49. The Morgan fingerprint density at radius 2 is 1.65 bits per heavy atom. The van der Waals surface area contributed by atoms with E-state index in [1.807, 2.05) is 80.1 Å². The van der Waals surface area contributed by atoms with E-state index in [-0.39, 0.29) is 61.5 Å². The molecule has 18 heteroatoms. The minimum atomic E-state index is -1.32. The second-order valence-electron chi connectivity index (χ2n) is 17.2. The Bertz CT molecular complexity index is 2240. The second-order valence-corrected chi connectivity index (χ2v) is 19.3. The van der Waals surface area contributed by atoms with Gasteiger partial charge in [0, 0.05) is 29.5 Å². The number of aromatic nitrogens is 1. The van der Waals surface area contributed by atoms with E-state index in [0.717, 1.165) is 72.5 Å². The van der Waals surface area contributed by atoms with Crippen molar-refractivity contribution >= 4 is 68.9 Å². The third-order valence-corrected chi connectivity index (χ3v) is 12.7. The minimum absolute atomic E-state index is 0.0102. The van der Waals surface area contributed by atoms with Gasteiger partial charge in [-0.3, -0.25) is 24.0 Å². The van der Waals surface area contributed by atoms with Crippen molar-refractivity contribution in [1.82, 2.24) is 31.3 Å². The Morgan fingerprint density at radius 3 is 2.34 bits per heavy atom. The van der Waals surface area contributed by atoms with Crippen LogP contribution >= 0.6 is 33.9 Å². The maximum Gasteiger partial charge on any atom is 0.277 e. The van der Waals surface area contributed by atoms with Gasteiger partial charge in [0.05, 0.1) is 45.7 Å². The molecule has 13 nitrogen and oxygen atoms in total. The monoisotopic (exact) mass is 1030 g/mol. The number of benzene rings is 3. The summed E-state index contributed by atoms with van der Waals surface area (Å²) < 4.78 is 43.6. The molecule has 1 aromatic heterocycles. The zero-order valence-electron chi connectivity index (χ0n) is 37.2. The molecule has 3 unspecified atom stereocenters. The highest BCUT2D eigenvalue weighted by atomic mass is 127. The third kappa shape index (κ3) is 15.2. The van der Waals surface area contributed by atoms with Gasteiger partial charge in [-0.25, -0.2) is 23.6 Å². The smallest absolute Gasteiger partial charge is 0.277 e. The van der Waals surface area contributed by atoms with Crippen molar-refractivity contribution in [2.75, 3.05) is 31.6 Å². The Morgan fingerprint density at radius 1 is 0.938 bits per heavy atom. The number of amides is 4. The molecule has 3 aromatic carbocycles. The highest BCUT2D eigenvalue weighted by molar-refractivity contribution is 14.1. The summed E-state index contributed by atoms with van der Waals surface area (Å²) in [6.45, 7) is 9.42. The van der Waals surface area contributed by atoms with Gasteiger partial charge in [-0.15, -0.1) is 11.3 Å². The first-order valence-electron chi connectivity index (χ1n) is 21.9. The zero-order chi connectivity index (χ0) is 47.1. The van der Waals surface area contributed by atoms with Crippen molar-refractivity contribution in [2.45, 2.75) is 110 Å². The molecule has 1 fully saturated rings. The number of aryl methyl sites for hydroxylation is 1. The van der Waals surface area contributed by atoms with E-state index in [1.54, 1.807) is 17.4 Å². The van der Waals surface area contributed by atoms with Crippen LogP contribution in [-0.4, -0.2) is 83.0 Å². The van der Waals surface area contributed by atoms with Crippen LogP contribution < -0.4 is 26.7 Å². The standard InChI is InChI=1S/C47H59F3IN7O6S/c1-29-42(65-28-54-29)31-15-13-30(14-16-31)26-53-45(62)38-25-33(59)27-58(38)46(63)43(47(2,3)4)56-39(60)12-9-7-5-6-8-10-21-52-22-11-23-64-57-44(61)34-18-19-35(48)40(50)41(34)55-37-20-17-32(51)24-36(37)49/h13-20,24,28,33,38,43,52,55,59H,5-12,21-23,25-27H2,1-4H3,(H,53,62)(H,56,60)(H,57,61). The molecule has 5 rings (SSSR count). The van der Waals surface area contributed by atoms with Crippen molar-refractivity contribution < 1.29 is 42.3 Å². The summed E-state index contributed by atoms with van der Waals surface area (Å²) in [5.41, 5.74) is 5.44. The number of carbonyl (C=O) groups excluding carboxylic acids is 4. The zero-order valence-corrected chi connectivity index (χ0v) is 40.2. The van der Waals surface area contributed by atoms with Gasteiger partial charge in [-0.1, -0.05) is 70.7 Å². The summed E-state index contributed by atoms with van der Waals surface area (Å²) in [5, 5.41) is 22.2. The van der Waals surface area contributed by atoms with E-state index in [2.05, 4.69) is 31.7 Å². The average molecular weight is 1030 g/mol. The molecule has 4 amide bonds. The lowest BCUT2D eigenvalue weighted by molar-refractivity contribution is -0.144. The first-order chi connectivity index (χ1) is 31.0. The summed E-state index contributed by atoms with van der Waals surface area (Å²) in [5.74, 6) is -4.99. The number of unbranched alkanes of at least 4 members (excludes halogenated alkanes) is 5. The largest absolute Gasteiger partial charge is 0.391 e. The van der Waals surface area contributed by atoms with Crippen molar-refractivity contribution in [1.29, 1.82) is 0 Å². The van der Waals surface area contributed by atoms with Gasteiger partial charge in [0.25, 0.3) is 5.91 Å². The number of anilines is 2. The van der Waals surface area contributed by atoms with E-state index in [1.165, 1.54) is 17.0 Å². The molecule has 0 radical (unpaired) electrons. The Kier molecular flexibility index (Phi) is 19.6. The lowest BCUT2D eigenvalue weighted by Gasteiger charge is -2.35. The van der Waals surface area contributed by atoms with Crippen LogP contribution in [0.25, 0.3) is 10.4 Å². The Balaban J connectivity index is 0.929. The molecule has 4 aromatic rings. The maximum atomic E-state index is 14.7. The number of β-amino-alcohol motifs (C(OH)–C–C–N with tert-alkyl or cyclic N) is 1. The highest BCUT2D eigenvalue weighted by Gasteiger charge is 2.44. The lowest BCUT2D eigenvalue weighted by atomic mass is 9.85. The number of rotatable bonds is 23. The van der Waals surface area contributed by atoms with Gasteiger partial charge >= 0.3 is 0 Å². The van der Waals surface area contributed by atoms with Gasteiger partial charge < -0.3 is 31.3 Å². The molecule has 2 heterocycles. The fourth-order valence-corrected chi connectivity index (χ4v) is 8.67. The van der Waals surface area contributed by atoms with Crippen molar-refractivity contribution in [3.8, 4) is 10.4 Å². The van der Waals surface area contributed by atoms with Gasteiger partial charge in [-0.2, -0.15) is 0 Å². The number of hydroxylamine groups is 1. The molecule has 0 saturated carbocycles. The van der Waals surface area contributed by atoms with E-state index in [4.69, 9.17) is 4.84 Å². The molecular weight excluding hydrogens is 975 g/mol. The van der Waals surface area contributed by atoms with E-state index >= 15 is 0 Å². The van der Waals surface area contributed by atoms with E-state index in [9.17, 15) is 37.5 Å². The van der Waals surface area contributed by atoms with E-state index in [0.29, 0.717) is 23.0 Å². The van der Waals surface area contributed by atoms with Crippen molar-refractivity contribution in [2.24, 2.45) is 5.41 Å². The molecule has 0 bridgehead atoms. The lowest BCUT2D eigenvalue weighted by Crippen LogP contribution is -2.57. The van der Waals surface area contributed by atoms with Crippen LogP contribution in [0.15, 0.2) is 60.1 Å². The summed E-state index contributed by atoms with van der Waals surface area (Å²) in [7, 11) is 0. The van der Waals surface area contributed by atoms with Crippen LogP contribution in [0.4, 0.5) is 24.5 Å². The number of nitrogens with zero attached hydrogens (tertiary/aromatic N) is 2. The first kappa shape index (κ1) is 51.4. The number of hydrogen-bond donors (Lipinski definition) is 6. The number of thiazole rings is 1. The molecule has 0 spiro atoms. The molecule has 352 valence electrons.